The summed E-state index contributed by atoms with van der Waals surface area (Å²) < 4.78 is 17.6. The second-order valence-electron chi connectivity index (χ2n) is 10.6. The SMILES string of the molecule is CCCCOc1cccc(C(O)=C2C(=O)C(=O)N(CCc3ccccc3)C2c2ccc(OCc3ccccc3)c(OC)c2)c1. The fraction of sp³-hybridized carbons (Fsp3) is 0.243. The van der Waals surface area contributed by atoms with Crippen molar-refractivity contribution in [3.05, 3.63) is 131 Å². The van der Waals surface area contributed by atoms with E-state index < -0.39 is 17.7 Å². The van der Waals surface area contributed by atoms with Crippen LogP contribution in [0.2, 0.25) is 0 Å². The molecule has 0 saturated carbocycles. The summed E-state index contributed by atoms with van der Waals surface area (Å²) in [5.41, 5.74) is 3.09. The van der Waals surface area contributed by atoms with Gasteiger partial charge in [-0.05, 0) is 53.8 Å². The average molecular weight is 592 g/mol. The molecule has 0 aliphatic carbocycles. The molecule has 7 nitrogen and oxygen atoms in total. The van der Waals surface area contributed by atoms with Gasteiger partial charge in [0.2, 0.25) is 0 Å². The van der Waals surface area contributed by atoms with Crippen molar-refractivity contribution in [2.45, 2.75) is 38.8 Å². The monoisotopic (exact) mass is 591 g/mol. The standard InChI is InChI=1S/C37H37NO6/c1-3-4-22-43-30-17-11-16-29(23-30)35(39)33-34(38(37(41)36(33)40)21-20-26-12-7-5-8-13-26)28-18-19-31(32(24-28)42-2)44-25-27-14-9-6-10-15-27/h5-19,23-24,34,39H,3-4,20-22,25H2,1-2H3. The molecule has 0 spiro atoms. The van der Waals surface area contributed by atoms with Crippen LogP contribution >= 0.6 is 0 Å². The number of nitrogens with zero attached hydrogens (tertiary/aromatic N) is 1. The van der Waals surface area contributed by atoms with Gasteiger partial charge in [0.15, 0.2) is 11.5 Å². The van der Waals surface area contributed by atoms with Crippen LogP contribution in [0.4, 0.5) is 0 Å². The third kappa shape index (κ3) is 6.94. The van der Waals surface area contributed by atoms with Gasteiger partial charge >= 0.3 is 0 Å². The van der Waals surface area contributed by atoms with E-state index in [2.05, 4.69) is 6.92 Å². The summed E-state index contributed by atoms with van der Waals surface area (Å²) in [5, 5.41) is 11.6. The second kappa shape index (κ2) is 14.4. The van der Waals surface area contributed by atoms with Gasteiger partial charge in [0, 0.05) is 12.1 Å². The summed E-state index contributed by atoms with van der Waals surface area (Å²) in [6, 6.07) is 31.1. The molecular weight excluding hydrogens is 554 g/mol. The molecule has 0 bridgehead atoms. The number of Topliss-reactive ketones (excluding diaryl/α,β-unsaturated/α-hetero) is 1. The van der Waals surface area contributed by atoms with Crippen LogP contribution in [0.15, 0.2) is 109 Å². The number of hydrogen-bond acceptors (Lipinski definition) is 6. The van der Waals surface area contributed by atoms with E-state index in [1.165, 1.54) is 4.90 Å². The summed E-state index contributed by atoms with van der Waals surface area (Å²) in [4.78, 5) is 28.7. The summed E-state index contributed by atoms with van der Waals surface area (Å²) in [5.74, 6) is -0.0806. The van der Waals surface area contributed by atoms with Gasteiger partial charge in [-0.3, -0.25) is 9.59 Å². The number of aliphatic hydroxyl groups is 1. The lowest BCUT2D eigenvalue weighted by molar-refractivity contribution is -0.139. The van der Waals surface area contributed by atoms with Crippen molar-refractivity contribution < 1.29 is 28.9 Å². The van der Waals surface area contributed by atoms with Crippen molar-refractivity contribution in [3.63, 3.8) is 0 Å². The predicted molar refractivity (Wildman–Crippen MR) is 170 cm³/mol. The maximum absolute atomic E-state index is 13.6. The molecule has 1 fully saturated rings. The number of benzene rings is 4. The minimum Gasteiger partial charge on any atom is -0.507 e. The van der Waals surface area contributed by atoms with Crippen molar-refractivity contribution in [3.8, 4) is 17.2 Å². The first-order valence-corrected chi connectivity index (χ1v) is 14.9. The maximum atomic E-state index is 13.6. The largest absolute Gasteiger partial charge is 0.507 e. The highest BCUT2D eigenvalue weighted by atomic mass is 16.5. The third-order valence-electron chi connectivity index (χ3n) is 7.64. The highest BCUT2D eigenvalue weighted by Crippen LogP contribution is 2.42. The fourth-order valence-electron chi connectivity index (χ4n) is 5.28. The molecule has 1 aliphatic rings. The Hall–Kier alpha value is -5.04. The number of carbonyl (C=O) groups is 2. The van der Waals surface area contributed by atoms with Crippen molar-refractivity contribution in [1.82, 2.24) is 4.90 Å². The Kier molecular flexibility index (Phi) is 9.97. The minimum atomic E-state index is -0.833. The minimum absolute atomic E-state index is 0.0220. The van der Waals surface area contributed by atoms with Crippen LogP contribution in [0.25, 0.3) is 5.76 Å². The molecule has 4 aromatic carbocycles. The van der Waals surface area contributed by atoms with Crippen molar-refractivity contribution in [1.29, 1.82) is 0 Å². The van der Waals surface area contributed by atoms with Gasteiger partial charge in [-0.1, -0.05) is 92.2 Å². The lowest BCUT2D eigenvalue weighted by Gasteiger charge is -2.26. The molecule has 0 radical (unpaired) electrons. The smallest absolute Gasteiger partial charge is 0.295 e. The van der Waals surface area contributed by atoms with E-state index in [9.17, 15) is 14.7 Å². The number of methoxy groups -OCH3 is 1. The molecule has 44 heavy (non-hydrogen) atoms. The second-order valence-corrected chi connectivity index (χ2v) is 10.6. The molecular formula is C37H37NO6. The number of ketones is 1. The third-order valence-corrected chi connectivity index (χ3v) is 7.64. The van der Waals surface area contributed by atoms with Gasteiger partial charge in [0.25, 0.3) is 11.7 Å². The molecule has 1 unspecified atom stereocenters. The van der Waals surface area contributed by atoms with Gasteiger partial charge in [-0.25, -0.2) is 0 Å². The van der Waals surface area contributed by atoms with Gasteiger partial charge in [0.05, 0.1) is 25.3 Å². The summed E-state index contributed by atoms with van der Waals surface area (Å²) in [6.07, 6.45) is 2.43. The van der Waals surface area contributed by atoms with Crippen LogP contribution in [-0.2, 0) is 22.6 Å². The zero-order chi connectivity index (χ0) is 30.9. The Bertz CT molecular complexity index is 1620. The molecule has 1 atom stereocenters. The predicted octanol–water partition coefficient (Wildman–Crippen LogP) is 7.12. The number of aliphatic hydroxyl groups excluding tert-OH is 1. The Morgan fingerprint density at radius 2 is 1.55 bits per heavy atom. The lowest BCUT2D eigenvalue weighted by atomic mass is 9.94. The van der Waals surface area contributed by atoms with E-state index in [1.54, 1.807) is 43.5 Å². The molecule has 0 aromatic heterocycles. The molecule has 4 aromatic rings. The normalized spacial score (nSPS) is 15.8. The molecule has 226 valence electrons. The van der Waals surface area contributed by atoms with Gasteiger partial charge in [0.1, 0.15) is 18.1 Å². The first kappa shape index (κ1) is 30.4. The van der Waals surface area contributed by atoms with Crippen LogP contribution in [0.1, 0.15) is 48.1 Å². The van der Waals surface area contributed by atoms with E-state index >= 15 is 0 Å². The van der Waals surface area contributed by atoms with Crippen LogP contribution in [0, 0.1) is 0 Å². The zero-order valence-electron chi connectivity index (χ0n) is 25.1. The molecule has 1 aliphatic heterocycles. The quantitative estimate of drug-likeness (QED) is 0.0772. The topological polar surface area (TPSA) is 85.3 Å². The van der Waals surface area contributed by atoms with Crippen molar-refractivity contribution >= 4 is 17.4 Å². The van der Waals surface area contributed by atoms with Crippen molar-refractivity contribution in [2.75, 3.05) is 20.3 Å². The van der Waals surface area contributed by atoms with Gasteiger partial charge in [-0.15, -0.1) is 0 Å². The van der Waals surface area contributed by atoms with E-state index in [0.29, 0.717) is 48.0 Å². The first-order valence-electron chi connectivity index (χ1n) is 14.9. The van der Waals surface area contributed by atoms with Gasteiger partial charge in [-0.2, -0.15) is 0 Å². The molecule has 1 heterocycles. The fourth-order valence-corrected chi connectivity index (χ4v) is 5.28. The van der Waals surface area contributed by atoms with Crippen LogP contribution < -0.4 is 14.2 Å². The summed E-state index contributed by atoms with van der Waals surface area (Å²) in [6.45, 7) is 3.26. The van der Waals surface area contributed by atoms with E-state index in [0.717, 1.165) is 24.0 Å². The van der Waals surface area contributed by atoms with Crippen LogP contribution in [0.3, 0.4) is 0 Å². The molecule has 7 heteroatoms. The highest BCUT2D eigenvalue weighted by Gasteiger charge is 2.46. The number of ether oxygens (including phenoxy) is 3. The molecule has 1 N–H and O–H groups in total. The number of carbonyl (C=O) groups excluding carboxylic acids is 2. The highest BCUT2D eigenvalue weighted by molar-refractivity contribution is 6.46. The number of likely N-dealkylation sites (tertiary alicyclic amines) is 1. The summed E-state index contributed by atoms with van der Waals surface area (Å²) in [7, 11) is 1.55. The number of rotatable bonds is 13. The molecule has 5 rings (SSSR count). The number of amides is 1. The molecule has 1 amide bonds. The van der Waals surface area contributed by atoms with Gasteiger partial charge < -0.3 is 24.2 Å². The van der Waals surface area contributed by atoms with E-state index in [4.69, 9.17) is 14.2 Å². The summed E-state index contributed by atoms with van der Waals surface area (Å²) >= 11 is 0. The van der Waals surface area contributed by atoms with Crippen molar-refractivity contribution in [2.24, 2.45) is 0 Å². The number of unbranched alkanes of at least 4 members (excludes halogenated alkanes) is 1. The van der Waals surface area contributed by atoms with E-state index in [-0.39, 0.29) is 17.9 Å². The molecule has 1 saturated heterocycles. The van der Waals surface area contributed by atoms with Crippen LogP contribution in [-0.4, -0.2) is 42.0 Å². The number of hydrogen-bond donors (Lipinski definition) is 1. The Labute approximate surface area is 258 Å². The van der Waals surface area contributed by atoms with Crippen LogP contribution in [0.5, 0.6) is 17.2 Å². The zero-order valence-corrected chi connectivity index (χ0v) is 25.1. The Morgan fingerprint density at radius 1 is 0.818 bits per heavy atom. The average Bonchev–Trinajstić information content (AvgIpc) is 3.32. The Balaban J connectivity index is 1.52. The lowest BCUT2D eigenvalue weighted by Crippen LogP contribution is -2.31. The first-order chi connectivity index (χ1) is 21.5. The van der Waals surface area contributed by atoms with E-state index in [1.807, 2.05) is 66.7 Å². The Morgan fingerprint density at radius 3 is 2.25 bits per heavy atom. The maximum Gasteiger partial charge on any atom is 0.295 e.